The van der Waals surface area contributed by atoms with Crippen LogP contribution in [0.4, 0.5) is 0 Å². The smallest absolute Gasteiger partial charge is 0.333 e. The van der Waals surface area contributed by atoms with Gasteiger partial charge in [0.1, 0.15) is 24.4 Å². The molecular formula is C21H36O9. The Kier molecular flexibility index (Phi) is 10.6. The van der Waals surface area contributed by atoms with Crippen LogP contribution in [0.5, 0.6) is 0 Å². The lowest BCUT2D eigenvalue weighted by Gasteiger charge is -2.38. The molecule has 0 aromatic heterocycles. The SMILES string of the molecule is CC(=CC(=O)OC1OC(CO)C(O)C(O)C1O)CCC=C(C)CCC(O)C(C)(C)O. The van der Waals surface area contributed by atoms with Crippen molar-refractivity contribution in [2.24, 2.45) is 0 Å². The Morgan fingerprint density at radius 3 is 2.30 bits per heavy atom. The molecule has 6 unspecified atom stereocenters. The van der Waals surface area contributed by atoms with Gasteiger partial charge in [-0.3, -0.25) is 0 Å². The molecule has 1 fully saturated rings. The van der Waals surface area contributed by atoms with Gasteiger partial charge in [-0.05, 0) is 53.4 Å². The van der Waals surface area contributed by atoms with E-state index in [-0.39, 0.29) is 0 Å². The maximum absolute atomic E-state index is 12.1. The van der Waals surface area contributed by atoms with Gasteiger partial charge in [-0.15, -0.1) is 0 Å². The molecule has 0 amide bonds. The van der Waals surface area contributed by atoms with Crippen molar-refractivity contribution in [3.63, 3.8) is 0 Å². The van der Waals surface area contributed by atoms with Crippen LogP contribution < -0.4 is 0 Å². The minimum atomic E-state index is -1.63. The van der Waals surface area contributed by atoms with Gasteiger partial charge >= 0.3 is 5.97 Å². The highest BCUT2D eigenvalue weighted by atomic mass is 16.7. The van der Waals surface area contributed by atoms with Gasteiger partial charge in [-0.2, -0.15) is 0 Å². The first-order valence-corrected chi connectivity index (χ1v) is 10.1. The van der Waals surface area contributed by atoms with Gasteiger partial charge in [0.25, 0.3) is 0 Å². The fraction of sp³-hybridized carbons (Fsp3) is 0.762. The highest BCUT2D eigenvalue weighted by Gasteiger charge is 2.45. The van der Waals surface area contributed by atoms with Crippen LogP contribution in [0.1, 0.15) is 53.4 Å². The van der Waals surface area contributed by atoms with Crippen molar-refractivity contribution in [2.45, 2.75) is 95.8 Å². The molecule has 0 spiro atoms. The van der Waals surface area contributed by atoms with Gasteiger partial charge in [-0.25, -0.2) is 4.79 Å². The number of aliphatic hydroxyl groups excluding tert-OH is 5. The van der Waals surface area contributed by atoms with Crippen LogP contribution in [0.15, 0.2) is 23.3 Å². The van der Waals surface area contributed by atoms with E-state index in [9.17, 15) is 30.3 Å². The Morgan fingerprint density at radius 2 is 1.73 bits per heavy atom. The summed E-state index contributed by atoms with van der Waals surface area (Å²) in [7, 11) is 0. The molecule has 1 aliphatic heterocycles. The second-order valence-corrected chi connectivity index (χ2v) is 8.42. The highest BCUT2D eigenvalue weighted by molar-refractivity contribution is 5.82. The lowest BCUT2D eigenvalue weighted by molar-refractivity contribution is -0.291. The molecule has 174 valence electrons. The summed E-state index contributed by atoms with van der Waals surface area (Å²) in [5.41, 5.74) is 0.654. The lowest BCUT2D eigenvalue weighted by atomic mass is 9.95. The molecule has 6 atom stereocenters. The van der Waals surface area contributed by atoms with Crippen LogP contribution in [0, 0.1) is 0 Å². The fourth-order valence-electron chi connectivity index (χ4n) is 2.95. The molecule has 0 aliphatic carbocycles. The predicted molar refractivity (Wildman–Crippen MR) is 108 cm³/mol. The van der Waals surface area contributed by atoms with Crippen molar-refractivity contribution in [3.05, 3.63) is 23.3 Å². The number of hydrogen-bond acceptors (Lipinski definition) is 9. The summed E-state index contributed by atoms with van der Waals surface area (Å²) >= 11 is 0. The van der Waals surface area contributed by atoms with Crippen LogP contribution in [0.25, 0.3) is 0 Å². The molecule has 0 aromatic carbocycles. The largest absolute Gasteiger partial charge is 0.430 e. The van der Waals surface area contributed by atoms with Gasteiger partial charge in [0.15, 0.2) is 0 Å². The molecule has 1 rings (SSSR count). The van der Waals surface area contributed by atoms with Gasteiger partial charge in [0.2, 0.25) is 6.29 Å². The molecule has 0 radical (unpaired) electrons. The second-order valence-electron chi connectivity index (χ2n) is 8.42. The molecule has 0 bridgehead atoms. The monoisotopic (exact) mass is 432 g/mol. The molecular weight excluding hydrogens is 396 g/mol. The third kappa shape index (κ3) is 8.43. The fourth-order valence-corrected chi connectivity index (χ4v) is 2.95. The average molecular weight is 433 g/mol. The van der Waals surface area contributed by atoms with Gasteiger partial charge in [0, 0.05) is 6.08 Å². The predicted octanol–water partition coefficient (Wildman–Crippen LogP) is -0.0857. The normalized spacial score (nSPS) is 29.6. The maximum atomic E-state index is 12.1. The van der Waals surface area contributed by atoms with E-state index in [0.29, 0.717) is 25.7 Å². The third-order valence-corrected chi connectivity index (χ3v) is 5.10. The molecule has 9 heteroatoms. The highest BCUT2D eigenvalue weighted by Crippen LogP contribution is 2.22. The standard InChI is InChI=1S/C21H36O9/c1-12(8-9-15(23)21(3,4)28)6-5-7-13(2)10-16(24)30-20-19(27)18(26)17(25)14(11-22)29-20/h6,10,14-15,17-20,22-23,25-28H,5,7-9,11H2,1-4H3. The van der Waals surface area contributed by atoms with Crippen LogP contribution >= 0.6 is 0 Å². The summed E-state index contributed by atoms with van der Waals surface area (Å²) < 4.78 is 10.1. The van der Waals surface area contributed by atoms with E-state index in [4.69, 9.17) is 14.6 Å². The van der Waals surface area contributed by atoms with Crippen molar-refractivity contribution < 1.29 is 44.9 Å². The van der Waals surface area contributed by atoms with E-state index in [1.165, 1.54) is 6.08 Å². The van der Waals surface area contributed by atoms with E-state index in [1.54, 1.807) is 20.8 Å². The maximum Gasteiger partial charge on any atom is 0.333 e. The average Bonchev–Trinajstić information content (AvgIpc) is 2.65. The van der Waals surface area contributed by atoms with E-state index < -0.39 is 55.0 Å². The summed E-state index contributed by atoms with van der Waals surface area (Å²) in [5, 5.41) is 58.1. The van der Waals surface area contributed by atoms with Gasteiger partial charge in [-0.1, -0.05) is 17.2 Å². The summed E-state index contributed by atoms with van der Waals surface area (Å²) in [5.74, 6) is -0.772. The number of hydrogen-bond donors (Lipinski definition) is 6. The first kappa shape index (κ1) is 26.7. The number of rotatable bonds is 10. The summed E-state index contributed by atoms with van der Waals surface area (Å²) in [6.07, 6.45) is -2.62. The lowest BCUT2D eigenvalue weighted by Crippen LogP contribution is -2.59. The van der Waals surface area contributed by atoms with Gasteiger partial charge < -0.3 is 40.1 Å². The minimum Gasteiger partial charge on any atom is -0.430 e. The van der Waals surface area contributed by atoms with Crippen molar-refractivity contribution in [1.82, 2.24) is 0 Å². The summed E-state index contributed by atoms with van der Waals surface area (Å²) in [6, 6.07) is 0. The Labute approximate surface area is 177 Å². The Hall–Kier alpha value is -1.33. The number of carbonyl (C=O) groups is 1. The van der Waals surface area contributed by atoms with Crippen LogP contribution in [0.3, 0.4) is 0 Å². The van der Waals surface area contributed by atoms with Crippen molar-refractivity contribution in [2.75, 3.05) is 6.61 Å². The number of allylic oxidation sites excluding steroid dienone is 3. The number of aliphatic hydroxyl groups is 6. The van der Waals surface area contributed by atoms with E-state index in [2.05, 4.69) is 0 Å². The van der Waals surface area contributed by atoms with E-state index in [1.807, 2.05) is 13.0 Å². The van der Waals surface area contributed by atoms with E-state index in [0.717, 1.165) is 11.1 Å². The number of esters is 1. The molecule has 0 saturated carbocycles. The topological polar surface area (TPSA) is 157 Å². The van der Waals surface area contributed by atoms with Crippen LogP contribution in [-0.4, -0.2) is 85.6 Å². The number of ether oxygens (including phenoxy) is 2. The molecule has 30 heavy (non-hydrogen) atoms. The molecule has 1 aliphatic rings. The van der Waals surface area contributed by atoms with Crippen LogP contribution in [-0.2, 0) is 14.3 Å². The molecule has 6 N–H and O–H groups in total. The molecule has 9 nitrogen and oxygen atoms in total. The molecule has 1 heterocycles. The molecule has 0 aromatic rings. The first-order chi connectivity index (χ1) is 13.9. The molecule has 1 saturated heterocycles. The zero-order valence-electron chi connectivity index (χ0n) is 18.1. The Morgan fingerprint density at radius 1 is 1.10 bits per heavy atom. The van der Waals surface area contributed by atoms with E-state index >= 15 is 0 Å². The second kappa shape index (κ2) is 11.9. The summed E-state index contributed by atoms with van der Waals surface area (Å²) in [4.78, 5) is 12.1. The van der Waals surface area contributed by atoms with Crippen LogP contribution in [0.2, 0.25) is 0 Å². The van der Waals surface area contributed by atoms with Crippen molar-refractivity contribution in [3.8, 4) is 0 Å². The zero-order chi connectivity index (χ0) is 23.1. The Balaban J connectivity index is 2.49. The third-order valence-electron chi connectivity index (χ3n) is 5.10. The van der Waals surface area contributed by atoms with Gasteiger partial charge in [0.05, 0.1) is 18.3 Å². The first-order valence-electron chi connectivity index (χ1n) is 10.1. The van der Waals surface area contributed by atoms with Crippen molar-refractivity contribution in [1.29, 1.82) is 0 Å². The summed E-state index contributed by atoms with van der Waals surface area (Å²) in [6.45, 7) is 6.20. The van der Waals surface area contributed by atoms with Crippen molar-refractivity contribution >= 4 is 5.97 Å². The Bertz CT molecular complexity index is 606. The number of carbonyl (C=O) groups excluding carboxylic acids is 1. The quantitative estimate of drug-likeness (QED) is 0.158. The minimum absolute atomic E-state index is 0.450. The zero-order valence-corrected chi connectivity index (χ0v) is 18.1.